The van der Waals surface area contributed by atoms with E-state index in [0.29, 0.717) is 5.03 Å². The lowest BCUT2D eigenvalue weighted by atomic mass is 10.1. The summed E-state index contributed by atoms with van der Waals surface area (Å²) in [6.07, 6.45) is -5.53. The van der Waals surface area contributed by atoms with E-state index in [1.807, 2.05) is 0 Å². The summed E-state index contributed by atoms with van der Waals surface area (Å²) in [5, 5.41) is 19.4. The Labute approximate surface area is 122 Å². The van der Waals surface area contributed by atoms with Crippen LogP contribution in [0, 0.1) is 0 Å². The number of rotatable bonds is 2. The Morgan fingerprint density at radius 2 is 2.33 bits per heavy atom. The van der Waals surface area contributed by atoms with E-state index >= 15 is 0 Å². The highest BCUT2D eigenvalue weighted by molar-refractivity contribution is 8.03. The lowest BCUT2D eigenvalue weighted by Gasteiger charge is -2.27. The first-order valence-corrected chi connectivity index (χ1v) is 6.90. The van der Waals surface area contributed by atoms with Gasteiger partial charge in [0.1, 0.15) is 17.1 Å². The van der Waals surface area contributed by atoms with Crippen molar-refractivity contribution in [2.24, 2.45) is 0 Å². The number of hydrogen-bond donors (Lipinski definition) is 4. The van der Waals surface area contributed by atoms with Gasteiger partial charge in [-0.1, -0.05) is 18.3 Å². The van der Waals surface area contributed by atoms with Gasteiger partial charge in [0.2, 0.25) is 5.95 Å². The van der Waals surface area contributed by atoms with Gasteiger partial charge in [0.25, 0.3) is 5.56 Å². The van der Waals surface area contributed by atoms with Crippen molar-refractivity contribution in [3.8, 4) is 0 Å². The zero-order valence-electron chi connectivity index (χ0n) is 10.7. The maximum Gasteiger partial charge on any atom is 0.268 e. The largest absolute Gasteiger partial charge is 0.394 e. The van der Waals surface area contributed by atoms with Gasteiger partial charge >= 0.3 is 0 Å². The molecular weight excluding hydrogens is 303 g/mol. The molecule has 0 bridgehead atoms. The van der Waals surface area contributed by atoms with E-state index in [-0.39, 0.29) is 16.7 Å². The number of alkyl halides is 1. The number of ether oxygens (including phenoxy) is 1. The third kappa shape index (κ3) is 2.11. The SMILES string of the molecule is C=C1Sc2c(nc(N)[nH]c2=O)N1[C@@H]1O[C@H](CO)[C@H](F)[C@H]1O. The first kappa shape index (κ1) is 14.3. The number of H-pyrrole nitrogens is 1. The van der Waals surface area contributed by atoms with Gasteiger partial charge in [0, 0.05) is 0 Å². The molecule has 2 aliphatic rings. The second-order valence-electron chi connectivity index (χ2n) is 4.65. The molecule has 3 rings (SSSR count). The predicted octanol–water partition coefficient (Wildman–Crippen LogP) is -0.848. The minimum absolute atomic E-state index is 0.109. The van der Waals surface area contributed by atoms with Crippen LogP contribution in [0.25, 0.3) is 0 Å². The van der Waals surface area contributed by atoms with Crippen LogP contribution in [0.2, 0.25) is 0 Å². The number of hydrogen-bond acceptors (Lipinski definition) is 8. The van der Waals surface area contributed by atoms with Gasteiger partial charge in [-0.3, -0.25) is 14.7 Å². The third-order valence-electron chi connectivity index (χ3n) is 3.32. The van der Waals surface area contributed by atoms with Crippen LogP contribution in [-0.4, -0.2) is 51.4 Å². The number of nitrogen functional groups attached to an aromatic ring is 1. The maximum atomic E-state index is 13.8. The summed E-state index contributed by atoms with van der Waals surface area (Å²) in [5.74, 6) is 0.0446. The highest BCUT2D eigenvalue weighted by Crippen LogP contribution is 2.45. The Morgan fingerprint density at radius 1 is 1.62 bits per heavy atom. The molecule has 21 heavy (non-hydrogen) atoms. The molecule has 0 radical (unpaired) electrons. The van der Waals surface area contributed by atoms with Crippen LogP contribution in [0.4, 0.5) is 16.2 Å². The number of aliphatic hydroxyl groups is 2. The van der Waals surface area contributed by atoms with Crippen molar-refractivity contribution in [1.29, 1.82) is 0 Å². The third-order valence-corrected chi connectivity index (χ3v) is 4.32. The van der Waals surface area contributed by atoms with Gasteiger partial charge in [-0.05, 0) is 0 Å². The summed E-state index contributed by atoms with van der Waals surface area (Å²) >= 11 is 1.03. The number of fused-ring (bicyclic) bond motifs is 1. The minimum atomic E-state index is -1.75. The molecule has 0 spiro atoms. The number of aliphatic hydroxyl groups excluding tert-OH is 2. The monoisotopic (exact) mass is 316 g/mol. The van der Waals surface area contributed by atoms with Gasteiger partial charge < -0.3 is 20.7 Å². The van der Waals surface area contributed by atoms with Crippen molar-refractivity contribution in [2.45, 2.75) is 29.5 Å². The lowest BCUT2D eigenvalue weighted by molar-refractivity contribution is -0.0105. The van der Waals surface area contributed by atoms with Crippen molar-refractivity contribution >= 4 is 23.5 Å². The van der Waals surface area contributed by atoms with Gasteiger partial charge in [-0.25, -0.2) is 4.39 Å². The molecule has 0 aromatic carbocycles. The van der Waals surface area contributed by atoms with Crippen LogP contribution < -0.4 is 16.2 Å². The van der Waals surface area contributed by atoms with E-state index in [1.54, 1.807) is 0 Å². The molecule has 1 aromatic heterocycles. The number of nitrogens with two attached hydrogens (primary N) is 1. The Kier molecular flexibility index (Phi) is 3.40. The molecule has 0 amide bonds. The van der Waals surface area contributed by atoms with E-state index in [9.17, 15) is 14.3 Å². The molecule has 0 saturated carbocycles. The van der Waals surface area contributed by atoms with Gasteiger partial charge in [-0.15, -0.1) is 0 Å². The maximum absolute atomic E-state index is 13.8. The first-order valence-electron chi connectivity index (χ1n) is 6.08. The van der Waals surface area contributed by atoms with E-state index in [4.69, 9.17) is 15.6 Å². The lowest BCUT2D eigenvalue weighted by Crippen LogP contribution is -2.41. The molecule has 3 heterocycles. The minimum Gasteiger partial charge on any atom is -0.394 e. The number of halogens is 1. The molecular formula is C11H13FN4O4S. The number of anilines is 2. The van der Waals surface area contributed by atoms with Gasteiger partial charge in [0.15, 0.2) is 18.2 Å². The Morgan fingerprint density at radius 3 is 2.95 bits per heavy atom. The van der Waals surface area contributed by atoms with Gasteiger partial charge in [-0.2, -0.15) is 4.98 Å². The standard InChI is InChI=1S/C11H13FN4O4S/c1-3-16(10-6(18)5(12)4(2-17)20-10)8-7(21-3)9(19)15-11(13)14-8/h4-6,10,17-18H,1-2H2,(H3,13,14,15,19)/t4-,5+,6-,10-/m1/s1. The number of aromatic amines is 1. The molecule has 5 N–H and O–H groups in total. The van der Waals surface area contributed by atoms with Crippen LogP contribution >= 0.6 is 11.8 Å². The normalized spacial score (nSPS) is 31.8. The number of nitrogens with one attached hydrogen (secondary N) is 1. The second kappa shape index (κ2) is 4.98. The smallest absolute Gasteiger partial charge is 0.268 e. The number of aromatic nitrogens is 2. The Hall–Kier alpha value is -1.62. The summed E-state index contributed by atoms with van der Waals surface area (Å²) in [6.45, 7) is 3.19. The first-order chi connectivity index (χ1) is 9.93. The van der Waals surface area contributed by atoms with Crippen LogP contribution in [0.3, 0.4) is 0 Å². The van der Waals surface area contributed by atoms with Crippen LogP contribution in [0.5, 0.6) is 0 Å². The van der Waals surface area contributed by atoms with E-state index in [0.717, 1.165) is 11.8 Å². The van der Waals surface area contributed by atoms with Crippen molar-refractivity contribution in [3.63, 3.8) is 0 Å². The van der Waals surface area contributed by atoms with Crippen molar-refractivity contribution in [3.05, 3.63) is 22.0 Å². The zero-order valence-corrected chi connectivity index (χ0v) is 11.5. The molecule has 1 saturated heterocycles. The fourth-order valence-corrected chi connectivity index (χ4v) is 3.24. The van der Waals surface area contributed by atoms with E-state index in [2.05, 4.69) is 16.5 Å². The average molecular weight is 316 g/mol. The number of nitrogens with zero attached hydrogens (tertiary/aromatic N) is 2. The Bertz CT molecular complexity index is 654. The highest BCUT2D eigenvalue weighted by atomic mass is 32.2. The van der Waals surface area contributed by atoms with Crippen molar-refractivity contribution in [1.82, 2.24) is 9.97 Å². The van der Waals surface area contributed by atoms with E-state index < -0.39 is 36.8 Å². The van der Waals surface area contributed by atoms with Crippen LogP contribution in [0.1, 0.15) is 0 Å². The molecule has 8 nitrogen and oxygen atoms in total. The Balaban J connectivity index is 2.02. The fraction of sp³-hybridized carbons (Fsp3) is 0.455. The van der Waals surface area contributed by atoms with Crippen LogP contribution in [0.15, 0.2) is 21.3 Å². The quantitative estimate of drug-likeness (QED) is 0.556. The molecule has 1 fully saturated rings. The summed E-state index contributed by atoms with van der Waals surface area (Å²) < 4.78 is 19.1. The molecule has 114 valence electrons. The summed E-state index contributed by atoms with van der Waals surface area (Å²) in [7, 11) is 0. The fourth-order valence-electron chi connectivity index (χ4n) is 2.34. The zero-order chi connectivity index (χ0) is 15.3. The van der Waals surface area contributed by atoms with Crippen molar-refractivity contribution in [2.75, 3.05) is 17.2 Å². The van der Waals surface area contributed by atoms with Crippen molar-refractivity contribution < 1.29 is 19.3 Å². The summed E-state index contributed by atoms with van der Waals surface area (Å²) in [5.41, 5.74) is 5.05. The summed E-state index contributed by atoms with van der Waals surface area (Å²) in [6, 6.07) is 0. The molecule has 2 aliphatic heterocycles. The predicted molar refractivity (Wildman–Crippen MR) is 73.4 cm³/mol. The number of thioether (sulfide) groups is 1. The second-order valence-corrected chi connectivity index (χ2v) is 5.74. The van der Waals surface area contributed by atoms with Gasteiger partial charge in [0.05, 0.1) is 11.6 Å². The molecule has 1 aromatic rings. The molecule has 4 atom stereocenters. The topological polar surface area (TPSA) is 125 Å². The van der Waals surface area contributed by atoms with Crippen LogP contribution in [-0.2, 0) is 4.74 Å². The molecule has 0 aliphatic carbocycles. The highest BCUT2D eigenvalue weighted by Gasteiger charge is 2.49. The summed E-state index contributed by atoms with van der Waals surface area (Å²) in [4.78, 5) is 19.7. The molecule has 0 unspecified atom stereocenters. The van der Waals surface area contributed by atoms with E-state index in [1.165, 1.54) is 4.90 Å². The molecule has 10 heteroatoms. The average Bonchev–Trinajstić information content (AvgIpc) is 2.89.